The molecule has 3 rings (SSSR count). The molecule has 1 aromatic heterocycles. The summed E-state index contributed by atoms with van der Waals surface area (Å²) >= 11 is 0. The number of fused-ring (bicyclic) bond motifs is 1. The predicted molar refractivity (Wildman–Crippen MR) is 103 cm³/mol. The van der Waals surface area contributed by atoms with Crippen molar-refractivity contribution in [3.63, 3.8) is 0 Å². The van der Waals surface area contributed by atoms with Crippen molar-refractivity contribution in [3.8, 4) is 0 Å². The van der Waals surface area contributed by atoms with Crippen LogP contribution in [-0.4, -0.2) is 65.4 Å². The number of amides is 2. The summed E-state index contributed by atoms with van der Waals surface area (Å²) in [6.45, 7) is 10.1. The molecule has 0 atom stereocenters. The zero-order chi connectivity index (χ0) is 18.5. The van der Waals surface area contributed by atoms with Gasteiger partial charge in [0.15, 0.2) is 0 Å². The van der Waals surface area contributed by atoms with Crippen LogP contribution in [-0.2, 0) is 11.3 Å². The number of nitrogens with zero attached hydrogens (tertiary/aromatic N) is 3. The van der Waals surface area contributed by atoms with Gasteiger partial charge in [-0.2, -0.15) is 0 Å². The van der Waals surface area contributed by atoms with Gasteiger partial charge in [-0.05, 0) is 13.0 Å². The Morgan fingerprint density at radius 3 is 2.62 bits per heavy atom. The van der Waals surface area contributed by atoms with E-state index in [0.29, 0.717) is 39.3 Å². The molecular formula is C20H26N4O2. The number of aromatic nitrogens is 1. The molecule has 0 aliphatic carbocycles. The lowest BCUT2D eigenvalue weighted by atomic mass is 10.1. The van der Waals surface area contributed by atoms with E-state index in [9.17, 15) is 9.59 Å². The highest BCUT2D eigenvalue weighted by atomic mass is 16.2. The number of aryl methyl sites for hydroxylation is 1. The summed E-state index contributed by atoms with van der Waals surface area (Å²) in [7, 11) is 0. The first-order valence-electron chi connectivity index (χ1n) is 9.11. The first-order valence-corrected chi connectivity index (χ1v) is 9.11. The molecule has 26 heavy (non-hydrogen) atoms. The van der Waals surface area contributed by atoms with Crippen LogP contribution < -0.4 is 5.32 Å². The zero-order valence-electron chi connectivity index (χ0n) is 15.3. The van der Waals surface area contributed by atoms with E-state index in [1.807, 2.05) is 29.3 Å². The van der Waals surface area contributed by atoms with Crippen LogP contribution >= 0.6 is 0 Å². The molecule has 6 heteroatoms. The Labute approximate surface area is 154 Å². The van der Waals surface area contributed by atoms with Crippen LogP contribution in [0.2, 0.25) is 0 Å². The molecule has 0 bridgehead atoms. The summed E-state index contributed by atoms with van der Waals surface area (Å²) < 4.78 is 2.11. The number of rotatable bonds is 6. The Bertz CT molecular complexity index is 803. The highest BCUT2D eigenvalue weighted by molar-refractivity contribution is 6.07. The van der Waals surface area contributed by atoms with Gasteiger partial charge in [0, 0.05) is 56.4 Å². The van der Waals surface area contributed by atoms with Crippen LogP contribution in [0.15, 0.2) is 43.1 Å². The van der Waals surface area contributed by atoms with E-state index in [4.69, 9.17) is 0 Å². The van der Waals surface area contributed by atoms with Gasteiger partial charge in [0.05, 0.1) is 12.1 Å². The van der Waals surface area contributed by atoms with Crippen molar-refractivity contribution in [3.05, 3.63) is 48.7 Å². The predicted octanol–water partition coefficient (Wildman–Crippen LogP) is 1.72. The van der Waals surface area contributed by atoms with E-state index >= 15 is 0 Å². The Hall–Kier alpha value is -2.60. The van der Waals surface area contributed by atoms with Gasteiger partial charge in [-0.3, -0.25) is 14.5 Å². The van der Waals surface area contributed by atoms with Crippen molar-refractivity contribution < 1.29 is 9.59 Å². The van der Waals surface area contributed by atoms with Gasteiger partial charge >= 0.3 is 0 Å². The molecule has 138 valence electrons. The van der Waals surface area contributed by atoms with E-state index in [0.717, 1.165) is 23.0 Å². The van der Waals surface area contributed by atoms with E-state index < -0.39 is 0 Å². The van der Waals surface area contributed by atoms with Gasteiger partial charge in [0.2, 0.25) is 5.91 Å². The molecule has 0 radical (unpaired) electrons. The van der Waals surface area contributed by atoms with Crippen molar-refractivity contribution >= 4 is 22.7 Å². The highest BCUT2D eigenvalue weighted by Gasteiger charge is 2.25. The summed E-state index contributed by atoms with van der Waals surface area (Å²) in [6, 6.07) is 8.03. The minimum atomic E-state index is -0.00399. The van der Waals surface area contributed by atoms with Gasteiger partial charge in [-0.15, -0.1) is 6.58 Å². The largest absolute Gasteiger partial charge is 0.352 e. The fourth-order valence-corrected chi connectivity index (χ4v) is 3.40. The smallest absolute Gasteiger partial charge is 0.256 e. The van der Waals surface area contributed by atoms with Crippen LogP contribution in [0.5, 0.6) is 0 Å². The van der Waals surface area contributed by atoms with E-state index in [1.165, 1.54) is 0 Å². The summed E-state index contributed by atoms with van der Waals surface area (Å²) in [5, 5.41) is 3.79. The zero-order valence-corrected chi connectivity index (χ0v) is 15.3. The Morgan fingerprint density at radius 2 is 1.92 bits per heavy atom. The maximum Gasteiger partial charge on any atom is 0.256 e. The molecule has 0 saturated carbocycles. The number of hydrogen-bond donors (Lipinski definition) is 1. The Morgan fingerprint density at radius 1 is 1.19 bits per heavy atom. The van der Waals surface area contributed by atoms with Crippen molar-refractivity contribution in [2.45, 2.75) is 13.5 Å². The molecule has 0 spiro atoms. The lowest BCUT2D eigenvalue weighted by molar-refractivity contribution is -0.122. The lowest BCUT2D eigenvalue weighted by Gasteiger charge is -2.34. The second-order valence-electron chi connectivity index (χ2n) is 6.51. The van der Waals surface area contributed by atoms with Crippen molar-refractivity contribution in [2.24, 2.45) is 0 Å². The molecule has 1 aliphatic rings. The van der Waals surface area contributed by atoms with E-state index in [1.54, 1.807) is 6.08 Å². The second kappa shape index (κ2) is 8.19. The fourth-order valence-electron chi connectivity index (χ4n) is 3.40. The Kier molecular flexibility index (Phi) is 5.73. The number of hydrogen-bond acceptors (Lipinski definition) is 3. The molecular weight excluding hydrogens is 328 g/mol. The molecule has 1 N–H and O–H groups in total. The standard InChI is InChI=1S/C20H26N4O2/c1-3-9-21-19(25)15-22-10-12-24(13-11-22)20(26)17-14-23(4-2)18-8-6-5-7-16(17)18/h3,5-8,14H,1,4,9-13,15H2,2H3,(H,21,25). The molecule has 1 aliphatic heterocycles. The van der Waals surface area contributed by atoms with Crippen LogP contribution in [0.4, 0.5) is 0 Å². The number of benzene rings is 1. The van der Waals surface area contributed by atoms with E-state index in [-0.39, 0.29) is 11.8 Å². The van der Waals surface area contributed by atoms with E-state index in [2.05, 4.69) is 34.4 Å². The van der Waals surface area contributed by atoms with Crippen LogP contribution in [0, 0.1) is 0 Å². The van der Waals surface area contributed by atoms with Gasteiger partial charge in [-0.25, -0.2) is 0 Å². The van der Waals surface area contributed by atoms with Crippen LogP contribution in [0.1, 0.15) is 17.3 Å². The molecule has 6 nitrogen and oxygen atoms in total. The summed E-state index contributed by atoms with van der Waals surface area (Å²) in [6.07, 6.45) is 3.63. The van der Waals surface area contributed by atoms with Gasteiger partial charge < -0.3 is 14.8 Å². The van der Waals surface area contributed by atoms with Crippen LogP contribution in [0.3, 0.4) is 0 Å². The number of carbonyl (C=O) groups is 2. The minimum absolute atomic E-state index is 0.00399. The molecule has 2 amide bonds. The molecule has 1 saturated heterocycles. The van der Waals surface area contributed by atoms with Gasteiger partial charge in [-0.1, -0.05) is 24.3 Å². The SMILES string of the molecule is C=CCNC(=O)CN1CCN(C(=O)c2cn(CC)c3ccccc23)CC1. The molecule has 1 fully saturated rings. The second-order valence-corrected chi connectivity index (χ2v) is 6.51. The number of piperazine rings is 1. The van der Waals surface area contributed by atoms with Crippen molar-refractivity contribution in [2.75, 3.05) is 39.3 Å². The topological polar surface area (TPSA) is 57.6 Å². The summed E-state index contributed by atoms with van der Waals surface area (Å²) in [4.78, 5) is 28.8. The first-order chi connectivity index (χ1) is 12.6. The fraction of sp³-hybridized carbons (Fsp3) is 0.400. The van der Waals surface area contributed by atoms with Gasteiger partial charge in [0.1, 0.15) is 0 Å². The Balaban J connectivity index is 1.64. The average Bonchev–Trinajstić information content (AvgIpc) is 3.05. The quantitative estimate of drug-likeness (QED) is 0.804. The maximum absolute atomic E-state index is 13.0. The first kappa shape index (κ1) is 18.2. The maximum atomic E-state index is 13.0. The molecule has 1 aromatic carbocycles. The third kappa shape index (κ3) is 3.80. The lowest BCUT2D eigenvalue weighted by Crippen LogP contribution is -2.51. The third-order valence-electron chi connectivity index (χ3n) is 4.83. The molecule has 2 heterocycles. The monoisotopic (exact) mass is 354 g/mol. The number of para-hydroxylation sites is 1. The molecule has 0 unspecified atom stereocenters. The molecule has 2 aromatic rings. The van der Waals surface area contributed by atoms with Crippen molar-refractivity contribution in [1.82, 2.24) is 19.7 Å². The summed E-state index contributed by atoms with van der Waals surface area (Å²) in [5.74, 6) is 0.0693. The van der Waals surface area contributed by atoms with Crippen LogP contribution in [0.25, 0.3) is 10.9 Å². The number of nitrogens with one attached hydrogen (secondary N) is 1. The minimum Gasteiger partial charge on any atom is -0.352 e. The third-order valence-corrected chi connectivity index (χ3v) is 4.83. The average molecular weight is 354 g/mol. The van der Waals surface area contributed by atoms with Crippen molar-refractivity contribution in [1.29, 1.82) is 0 Å². The highest BCUT2D eigenvalue weighted by Crippen LogP contribution is 2.23. The van der Waals surface area contributed by atoms with Gasteiger partial charge in [0.25, 0.3) is 5.91 Å². The normalized spacial score (nSPS) is 15.2. The summed E-state index contributed by atoms with van der Waals surface area (Å²) in [5.41, 5.74) is 1.86. The number of carbonyl (C=O) groups excluding carboxylic acids is 2.